The Morgan fingerprint density at radius 2 is 1.94 bits per heavy atom. The second-order valence-electron chi connectivity index (χ2n) is 8.04. The minimum atomic E-state index is -4.38. The van der Waals surface area contributed by atoms with Gasteiger partial charge in [0.2, 0.25) is 0 Å². The quantitative estimate of drug-likeness (QED) is 0.423. The predicted octanol–water partition coefficient (Wildman–Crippen LogP) is 6.35. The summed E-state index contributed by atoms with van der Waals surface area (Å²) in [5.74, 6) is 0.0144. The van der Waals surface area contributed by atoms with E-state index < -0.39 is 11.7 Å². The highest BCUT2D eigenvalue weighted by Gasteiger charge is 2.30. The molecule has 1 aromatic heterocycles. The maximum atomic E-state index is 12.7. The van der Waals surface area contributed by atoms with Crippen LogP contribution >= 0.6 is 11.6 Å². The molecule has 2 aromatic carbocycles. The number of allylic oxidation sites excluding steroid dienone is 1. The van der Waals surface area contributed by atoms with Gasteiger partial charge in [0.05, 0.1) is 5.56 Å². The third kappa shape index (κ3) is 5.99. The first-order chi connectivity index (χ1) is 16.3. The Morgan fingerprint density at radius 1 is 1.15 bits per heavy atom. The molecule has 1 aliphatic heterocycles. The first kappa shape index (κ1) is 23.9. The number of benzene rings is 2. The Morgan fingerprint density at radius 3 is 2.71 bits per heavy atom. The van der Waals surface area contributed by atoms with Crippen LogP contribution in [0.15, 0.2) is 59.1 Å². The first-order valence-corrected chi connectivity index (χ1v) is 11.3. The number of halogens is 4. The standard InChI is InChI=1S/C25H23ClF3N3O2/c26-19-8-9-22-21(14-19)17(3-1-2-11-30-22)10-12-31-24(33)23-15-20(34-32-23)13-16-4-6-18(7-5-16)25(27,28)29/h3-9,14-15,30H,1-2,10-13H2,(H,31,33)/b17-3-. The lowest BCUT2D eigenvalue weighted by atomic mass is 9.97. The van der Waals surface area contributed by atoms with E-state index in [2.05, 4.69) is 21.9 Å². The third-order valence-corrected chi connectivity index (χ3v) is 5.78. The lowest BCUT2D eigenvalue weighted by Crippen LogP contribution is -2.25. The van der Waals surface area contributed by atoms with Crippen LogP contribution in [0.3, 0.4) is 0 Å². The normalized spacial score (nSPS) is 15.4. The summed E-state index contributed by atoms with van der Waals surface area (Å²) in [6.07, 6.45) is 0.595. The highest BCUT2D eigenvalue weighted by molar-refractivity contribution is 6.30. The van der Waals surface area contributed by atoms with Gasteiger partial charge in [0.1, 0.15) is 5.76 Å². The van der Waals surface area contributed by atoms with Crippen LogP contribution in [0.25, 0.3) is 5.57 Å². The average molecular weight is 490 g/mol. The van der Waals surface area contributed by atoms with Gasteiger partial charge in [0, 0.05) is 41.9 Å². The van der Waals surface area contributed by atoms with Crippen molar-refractivity contribution in [3.8, 4) is 0 Å². The zero-order valence-corrected chi connectivity index (χ0v) is 19.0. The van der Waals surface area contributed by atoms with Crippen LogP contribution in [0.4, 0.5) is 18.9 Å². The van der Waals surface area contributed by atoms with E-state index in [1.165, 1.54) is 18.2 Å². The van der Waals surface area contributed by atoms with Crippen LogP contribution in [-0.2, 0) is 12.6 Å². The molecule has 9 heteroatoms. The third-order valence-electron chi connectivity index (χ3n) is 5.55. The van der Waals surface area contributed by atoms with Gasteiger partial charge in [0.15, 0.2) is 5.69 Å². The largest absolute Gasteiger partial charge is 0.416 e. The molecule has 5 nitrogen and oxygen atoms in total. The maximum absolute atomic E-state index is 12.7. The number of amides is 1. The molecule has 0 radical (unpaired) electrons. The van der Waals surface area contributed by atoms with Gasteiger partial charge in [-0.05, 0) is 60.7 Å². The molecule has 0 unspecified atom stereocenters. The van der Waals surface area contributed by atoms with Crippen molar-refractivity contribution in [1.29, 1.82) is 0 Å². The van der Waals surface area contributed by atoms with Crippen molar-refractivity contribution >= 4 is 28.8 Å². The number of alkyl halides is 3. The van der Waals surface area contributed by atoms with Gasteiger partial charge in [-0.3, -0.25) is 4.79 Å². The Balaban J connectivity index is 1.34. The van der Waals surface area contributed by atoms with E-state index in [1.807, 2.05) is 18.2 Å². The fourth-order valence-electron chi connectivity index (χ4n) is 3.80. The summed E-state index contributed by atoms with van der Waals surface area (Å²) in [5, 5.41) is 10.7. The lowest BCUT2D eigenvalue weighted by Gasteiger charge is -2.18. The summed E-state index contributed by atoms with van der Waals surface area (Å²) < 4.78 is 43.3. The zero-order chi connectivity index (χ0) is 24.1. The molecule has 0 saturated heterocycles. The van der Waals surface area contributed by atoms with Gasteiger partial charge >= 0.3 is 6.18 Å². The predicted molar refractivity (Wildman–Crippen MR) is 125 cm³/mol. The smallest absolute Gasteiger partial charge is 0.385 e. The molecule has 1 amide bonds. The molecule has 2 heterocycles. The van der Waals surface area contributed by atoms with Crippen LogP contribution in [0.2, 0.25) is 5.02 Å². The van der Waals surface area contributed by atoms with Crippen molar-refractivity contribution in [2.24, 2.45) is 0 Å². The molecule has 34 heavy (non-hydrogen) atoms. The molecule has 0 bridgehead atoms. The van der Waals surface area contributed by atoms with Crippen LogP contribution in [0.5, 0.6) is 0 Å². The Kier molecular flexibility index (Phi) is 7.26. The van der Waals surface area contributed by atoms with Crippen LogP contribution in [0, 0.1) is 0 Å². The number of rotatable bonds is 6. The zero-order valence-electron chi connectivity index (χ0n) is 18.2. The minimum absolute atomic E-state index is 0.124. The summed E-state index contributed by atoms with van der Waals surface area (Å²) in [6, 6.07) is 12.0. The van der Waals surface area contributed by atoms with Crippen molar-refractivity contribution in [2.75, 3.05) is 18.4 Å². The summed E-state index contributed by atoms with van der Waals surface area (Å²) in [4.78, 5) is 12.5. The van der Waals surface area contributed by atoms with Crippen molar-refractivity contribution in [1.82, 2.24) is 10.5 Å². The van der Waals surface area contributed by atoms with E-state index in [9.17, 15) is 18.0 Å². The molecule has 178 valence electrons. The van der Waals surface area contributed by atoms with Crippen molar-refractivity contribution in [3.05, 3.63) is 87.8 Å². The topological polar surface area (TPSA) is 67.2 Å². The van der Waals surface area contributed by atoms with Gasteiger partial charge < -0.3 is 15.2 Å². The number of hydrogen-bond acceptors (Lipinski definition) is 4. The number of hydrogen-bond donors (Lipinski definition) is 2. The molecule has 4 rings (SSSR count). The second-order valence-corrected chi connectivity index (χ2v) is 8.48. The van der Waals surface area contributed by atoms with Crippen LogP contribution in [-0.4, -0.2) is 24.2 Å². The molecular weight excluding hydrogens is 467 g/mol. The number of nitrogens with zero attached hydrogens (tertiary/aromatic N) is 1. The average Bonchev–Trinajstić information content (AvgIpc) is 3.25. The molecule has 0 spiro atoms. The number of fused-ring (bicyclic) bond motifs is 1. The van der Waals surface area contributed by atoms with Crippen molar-refractivity contribution in [2.45, 2.75) is 31.9 Å². The lowest BCUT2D eigenvalue weighted by molar-refractivity contribution is -0.137. The number of carbonyl (C=O) groups is 1. The van der Waals surface area contributed by atoms with Gasteiger partial charge in [-0.2, -0.15) is 13.2 Å². The van der Waals surface area contributed by atoms with Crippen LogP contribution in [0.1, 0.15) is 52.2 Å². The van der Waals surface area contributed by atoms with Gasteiger partial charge in [-0.15, -0.1) is 0 Å². The number of aromatic nitrogens is 1. The Bertz CT molecular complexity index is 1190. The summed E-state index contributed by atoms with van der Waals surface area (Å²) in [5.41, 5.74) is 3.19. The molecule has 2 N–H and O–H groups in total. The van der Waals surface area contributed by atoms with Crippen LogP contribution < -0.4 is 10.6 Å². The Hall–Kier alpha value is -3.26. The highest BCUT2D eigenvalue weighted by atomic mass is 35.5. The molecule has 1 aliphatic rings. The number of nitrogens with one attached hydrogen (secondary N) is 2. The monoisotopic (exact) mass is 489 g/mol. The van der Waals surface area contributed by atoms with E-state index in [0.717, 1.165) is 48.3 Å². The molecule has 3 aromatic rings. The summed E-state index contributed by atoms with van der Waals surface area (Å²) in [6.45, 7) is 1.29. The van der Waals surface area contributed by atoms with Crippen molar-refractivity contribution < 1.29 is 22.5 Å². The fraction of sp³-hybridized carbons (Fsp3) is 0.280. The molecular formula is C25H23ClF3N3O2. The minimum Gasteiger partial charge on any atom is -0.385 e. The van der Waals surface area contributed by atoms with E-state index in [0.29, 0.717) is 29.3 Å². The molecule has 0 atom stereocenters. The van der Waals surface area contributed by atoms with E-state index in [1.54, 1.807) is 0 Å². The van der Waals surface area contributed by atoms with E-state index >= 15 is 0 Å². The van der Waals surface area contributed by atoms with Gasteiger partial charge in [0.25, 0.3) is 5.91 Å². The second kappa shape index (κ2) is 10.3. The van der Waals surface area contributed by atoms with E-state index in [-0.39, 0.29) is 18.0 Å². The first-order valence-electron chi connectivity index (χ1n) is 10.9. The molecule has 0 fully saturated rings. The SMILES string of the molecule is O=C(NCC/C1=C/CCCNc2ccc(Cl)cc21)c1cc(Cc2ccc(C(F)(F)F)cc2)on1. The van der Waals surface area contributed by atoms with Gasteiger partial charge in [-0.1, -0.05) is 35.0 Å². The number of anilines is 1. The summed E-state index contributed by atoms with van der Waals surface area (Å²) in [7, 11) is 0. The number of carbonyl (C=O) groups excluding carboxylic acids is 1. The van der Waals surface area contributed by atoms with Gasteiger partial charge in [-0.25, -0.2) is 0 Å². The molecule has 0 aliphatic carbocycles. The molecule has 0 saturated carbocycles. The van der Waals surface area contributed by atoms with Crippen molar-refractivity contribution in [3.63, 3.8) is 0 Å². The fourth-order valence-corrected chi connectivity index (χ4v) is 3.97. The maximum Gasteiger partial charge on any atom is 0.416 e. The van der Waals surface area contributed by atoms with E-state index in [4.69, 9.17) is 16.1 Å². The highest BCUT2D eigenvalue weighted by Crippen LogP contribution is 2.31. The Labute approximate surface area is 200 Å². The summed E-state index contributed by atoms with van der Waals surface area (Å²) >= 11 is 6.20.